The Labute approximate surface area is 134 Å². The van der Waals surface area contributed by atoms with Gasteiger partial charge in [0.15, 0.2) is 0 Å². The fourth-order valence-electron chi connectivity index (χ4n) is 2.68. The smallest absolute Gasteiger partial charge is 0.275 e. The zero-order valence-electron chi connectivity index (χ0n) is 12.3. The summed E-state index contributed by atoms with van der Waals surface area (Å²) >= 11 is 5.78. The first-order valence-corrected chi connectivity index (χ1v) is 7.61. The minimum atomic E-state index is -0.266. The Morgan fingerprint density at radius 2 is 2.23 bits per heavy atom. The van der Waals surface area contributed by atoms with Crippen molar-refractivity contribution in [2.45, 2.75) is 18.9 Å². The van der Waals surface area contributed by atoms with E-state index >= 15 is 0 Å². The van der Waals surface area contributed by atoms with Gasteiger partial charge in [0.1, 0.15) is 11.5 Å². The second-order valence-corrected chi connectivity index (χ2v) is 5.84. The molecule has 1 amide bonds. The first kappa shape index (κ1) is 14.9. The summed E-state index contributed by atoms with van der Waals surface area (Å²) < 4.78 is 0. The number of nitrogens with zero attached hydrogens (tertiary/aromatic N) is 3. The van der Waals surface area contributed by atoms with Gasteiger partial charge in [0.2, 0.25) is 0 Å². The van der Waals surface area contributed by atoms with Gasteiger partial charge in [-0.05, 0) is 50.7 Å². The van der Waals surface area contributed by atoms with E-state index in [0.717, 1.165) is 25.1 Å². The topological polar surface area (TPSA) is 58.1 Å². The predicted molar refractivity (Wildman–Crippen MR) is 86.0 cm³/mol. The zero-order valence-corrected chi connectivity index (χ0v) is 13.0. The van der Waals surface area contributed by atoms with E-state index in [-0.39, 0.29) is 5.91 Å². The average molecular weight is 317 g/mol. The second kappa shape index (κ2) is 6.42. The Balaban J connectivity index is 1.76. The van der Waals surface area contributed by atoms with E-state index in [1.807, 2.05) is 12.1 Å². The Bertz CT molecular complexity index is 674. The lowest BCUT2D eigenvalue weighted by atomic mass is 10.1. The number of hydrogen-bond donors (Lipinski definition) is 1. The van der Waals surface area contributed by atoms with Crippen LogP contribution in [-0.2, 0) is 0 Å². The van der Waals surface area contributed by atoms with Crippen LogP contribution in [0.2, 0.25) is 5.02 Å². The lowest BCUT2D eigenvalue weighted by molar-refractivity contribution is 0.102. The van der Waals surface area contributed by atoms with Crippen molar-refractivity contribution in [2.75, 3.05) is 18.9 Å². The van der Waals surface area contributed by atoms with Crippen LogP contribution >= 0.6 is 11.6 Å². The Morgan fingerprint density at radius 3 is 2.91 bits per heavy atom. The summed E-state index contributed by atoms with van der Waals surface area (Å²) in [6.45, 7) is 1.07. The quantitative estimate of drug-likeness (QED) is 0.945. The van der Waals surface area contributed by atoms with Crippen LogP contribution in [0.4, 0.5) is 5.82 Å². The van der Waals surface area contributed by atoms with Crippen LogP contribution in [0.3, 0.4) is 0 Å². The lowest BCUT2D eigenvalue weighted by Gasteiger charge is -2.19. The molecule has 2 aromatic rings. The number of carbonyl (C=O) groups excluding carboxylic acids is 1. The third-order valence-corrected chi connectivity index (χ3v) is 4.06. The molecule has 3 heterocycles. The molecule has 0 spiro atoms. The summed E-state index contributed by atoms with van der Waals surface area (Å²) in [6.07, 6.45) is 3.73. The van der Waals surface area contributed by atoms with Crippen LogP contribution < -0.4 is 5.32 Å². The number of rotatable bonds is 3. The van der Waals surface area contributed by atoms with Crippen molar-refractivity contribution in [3.05, 3.63) is 52.9 Å². The van der Waals surface area contributed by atoms with E-state index in [2.05, 4.69) is 27.2 Å². The van der Waals surface area contributed by atoms with E-state index in [4.69, 9.17) is 11.6 Å². The molecule has 0 saturated carbocycles. The second-order valence-electron chi connectivity index (χ2n) is 5.40. The predicted octanol–water partition coefficient (Wildman–Crippen LogP) is 3.15. The molecule has 0 aliphatic carbocycles. The molecule has 0 radical (unpaired) electrons. The van der Waals surface area contributed by atoms with Gasteiger partial charge in [-0.3, -0.25) is 9.69 Å². The van der Waals surface area contributed by atoms with Crippen molar-refractivity contribution in [2.24, 2.45) is 0 Å². The number of amides is 1. The molecule has 1 aliphatic rings. The normalized spacial score (nSPS) is 18.4. The molecule has 3 rings (SSSR count). The van der Waals surface area contributed by atoms with Gasteiger partial charge in [0.25, 0.3) is 5.91 Å². The first-order valence-electron chi connectivity index (χ1n) is 7.23. The maximum atomic E-state index is 12.3. The third-order valence-electron chi connectivity index (χ3n) is 3.83. The lowest BCUT2D eigenvalue weighted by Crippen LogP contribution is -2.20. The van der Waals surface area contributed by atoms with Crippen LogP contribution in [-0.4, -0.2) is 34.4 Å². The minimum absolute atomic E-state index is 0.266. The van der Waals surface area contributed by atoms with Crippen LogP contribution in [0.1, 0.15) is 35.1 Å². The molecule has 2 aromatic heterocycles. The Hall–Kier alpha value is -1.98. The SMILES string of the molecule is CN1CCC[C@@H]1c1cccc(C(=O)Nc2ccc(Cl)cn2)n1. The zero-order chi connectivity index (χ0) is 15.5. The van der Waals surface area contributed by atoms with Gasteiger partial charge in [-0.1, -0.05) is 17.7 Å². The molecule has 6 heteroatoms. The monoisotopic (exact) mass is 316 g/mol. The molecule has 114 valence electrons. The van der Waals surface area contributed by atoms with Crippen molar-refractivity contribution in [3.8, 4) is 0 Å². The highest BCUT2D eigenvalue weighted by Crippen LogP contribution is 2.29. The van der Waals surface area contributed by atoms with E-state index < -0.39 is 0 Å². The fourth-order valence-corrected chi connectivity index (χ4v) is 2.79. The number of aromatic nitrogens is 2. The largest absolute Gasteiger partial charge is 0.305 e. The molecule has 1 saturated heterocycles. The minimum Gasteiger partial charge on any atom is -0.305 e. The van der Waals surface area contributed by atoms with Gasteiger partial charge in [0, 0.05) is 6.20 Å². The highest BCUT2D eigenvalue weighted by atomic mass is 35.5. The summed E-state index contributed by atoms with van der Waals surface area (Å²) in [5.74, 6) is 0.192. The van der Waals surface area contributed by atoms with Crippen LogP contribution in [0, 0.1) is 0 Å². The summed E-state index contributed by atoms with van der Waals surface area (Å²) in [7, 11) is 2.09. The van der Waals surface area contributed by atoms with Crippen molar-refractivity contribution in [3.63, 3.8) is 0 Å². The molecule has 0 bridgehead atoms. The Morgan fingerprint density at radius 1 is 1.36 bits per heavy atom. The number of nitrogens with one attached hydrogen (secondary N) is 1. The number of likely N-dealkylation sites (tertiary alicyclic amines) is 1. The number of halogens is 1. The highest BCUT2D eigenvalue weighted by molar-refractivity contribution is 6.30. The molecule has 1 fully saturated rings. The highest BCUT2D eigenvalue weighted by Gasteiger charge is 2.24. The van der Waals surface area contributed by atoms with E-state index in [9.17, 15) is 4.79 Å². The molecule has 1 N–H and O–H groups in total. The summed E-state index contributed by atoms with van der Waals surface area (Å²) in [5.41, 5.74) is 1.34. The third kappa shape index (κ3) is 3.26. The fraction of sp³-hybridized carbons (Fsp3) is 0.312. The molecular weight excluding hydrogens is 300 g/mol. The number of pyridine rings is 2. The molecular formula is C16H17ClN4O. The van der Waals surface area contributed by atoms with Crippen molar-refractivity contribution in [1.82, 2.24) is 14.9 Å². The molecule has 0 aromatic carbocycles. The maximum absolute atomic E-state index is 12.3. The van der Waals surface area contributed by atoms with Crippen LogP contribution in [0.15, 0.2) is 36.5 Å². The van der Waals surface area contributed by atoms with Crippen molar-refractivity contribution < 1.29 is 4.79 Å². The van der Waals surface area contributed by atoms with Gasteiger partial charge in [-0.2, -0.15) is 0 Å². The van der Waals surface area contributed by atoms with Crippen molar-refractivity contribution in [1.29, 1.82) is 0 Å². The van der Waals surface area contributed by atoms with E-state index in [0.29, 0.717) is 22.6 Å². The average Bonchev–Trinajstić information content (AvgIpc) is 2.96. The number of anilines is 1. The van der Waals surface area contributed by atoms with Crippen LogP contribution in [0.5, 0.6) is 0 Å². The molecule has 1 atom stereocenters. The van der Waals surface area contributed by atoms with Gasteiger partial charge in [0.05, 0.1) is 16.8 Å². The number of carbonyl (C=O) groups is 1. The molecule has 0 unspecified atom stereocenters. The van der Waals surface area contributed by atoms with Crippen molar-refractivity contribution >= 4 is 23.3 Å². The molecule has 5 nitrogen and oxygen atoms in total. The van der Waals surface area contributed by atoms with Crippen LogP contribution in [0.25, 0.3) is 0 Å². The van der Waals surface area contributed by atoms with E-state index in [1.54, 1.807) is 18.2 Å². The van der Waals surface area contributed by atoms with Gasteiger partial charge >= 0.3 is 0 Å². The summed E-state index contributed by atoms with van der Waals surface area (Å²) in [5, 5.41) is 3.26. The van der Waals surface area contributed by atoms with Gasteiger partial charge in [-0.15, -0.1) is 0 Å². The number of hydrogen-bond acceptors (Lipinski definition) is 4. The maximum Gasteiger partial charge on any atom is 0.275 e. The summed E-state index contributed by atoms with van der Waals surface area (Å²) in [6, 6.07) is 9.20. The molecule has 22 heavy (non-hydrogen) atoms. The van der Waals surface area contributed by atoms with Gasteiger partial charge < -0.3 is 5.32 Å². The van der Waals surface area contributed by atoms with E-state index in [1.165, 1.54) is 6.20 Å². The molecule has 1 aliphatic heterocycles. The summed E-state index contributed by atoms with van der Waals surface area (Å²) in [4.78, 5) is 23.1. The Kier molecular flexibility index (Phi) is 4.36. The standard InChI is InChI=1S/C16H17ClN4O/c1-21-9-3-6-14(21)12-4-2-5-13(19-12)16(22)20-15-8-7-11(17)10-18-15/h2,4-5,7-8,10,14H,3,6,9H2,1H3,(H,18,20,22)/t14-/m1/s1. The van der Waals surface area contributed by atoms with Gasteiger partial charge in [-0.25, -0.2) is 9.97 Å². The first-order chi connectivity index (χ1) is 10.6.